The number of carbonyl (C=O) groups is 3. The minimum atomic E-state index is -3.87. The van der Waals surface area contributed by atoms with Crippen molar-refractivity contribution >= 4 is 57.0 Å². The average molecular weight is 693 g/mol. The van der Waals surface area contributed by atoms with Gasteiger partial charge in [-0.15, -0.1) is 11.8 Å². The summed E-state index contributed by atoms with van der Waals surface area (Å²) in [6, 6.07) is 37.4. The van der Waals surface area contributed by atoms with Gasteiger partial charge in [-0.25, -0.2) is 13.6 Å². The van der Waals surface area contributed by atoms with Crippen LogP contribution in [0.3, 0.4) is 0 Å². The van der Waals surface area contributed by atoms with E-state index in [9.17, 15) is 22.8 Å². The topological polar surface area (TPSA) is 157 Å². The number of ether oxygens (including phenoxy) is 1. The maximum atomic E-state index is 13.5. The summed E-state index contributed by atoms with van der Waals surface area (Å²) in [5.74, 6) is -0.707. The van der Waals surface area contributed by atoms with Crippen molar-refractivity contribution in [1.82, 2.24) is 5.32 Å². The normalized spacial score (nSPS) is 12.0. The van der Waals surface area contributed by atoms with Crippen molar-refractivity contribution in [1.29, 1.82) is 0 Å². The second-order valence-electron chi connectivity index (χ2n) is 10.6. The number of hydrogen-bond donors (Lipinski definition) is 4. The highest BCUT2D eigenvalue weighted by molar-refractivity contribution is 8.00. The summed E-state index contributed by atoms with van der Waals surface area (Å²) in [4.78, 5) is 40.7. The van der Waals surface area contributed by atoms with Crippen LogP contribution in [0, 0.1) is 0 Å². The molecule has 0 radical (unpaired) electrons. The minimum Gasteiger partial charge on any atom is -0.497 e. The van der Waals surface area contributed by atoms with Crippen LogP contribution in [0.25, 0.3) is 6.08 Å². The Labute approximate surface area is 288 Å². The molecule has 0 saturated carbocycles. The van der Waals surface area contributed by atoms with Gasteiger partial charge in [0.15, 0.2) is 0 Å². The third kappa shape index (κ3) is 9.67. The van der Waals surface area contributed by atoms with Crippen LogP contribution in [0.4, 0.5) is 11.4 Å². The van der Waals surface area contributed by atoms with Crippen molar-refractivity contribution in [3.05, 3.63) is 156 Å². The van der Waals surface area contributed by atoms with Gasteiger partial charge in [0.1, 0.15) is 16.7 Å². The first-order valence-electron chi connectivity index (χ1n) is 14.9. The number of methoxy groups -OCH3 is 1. The van der Waals surface area contributed by atoms with Crippen molar-refractivity contribution in [3.63, 3.8) is 0 Å². The van der Waals surface area contributed by atoms with E-state index in [1.165, 1.54) is 36.0 Å². The van der Waals surface area contributed by atoms with Crippen LogP contribution in [-0.2, 0) is 19.6 Å². The van der Waals surface area contributed by atoms with Gasteiger partial charge in [0.2, 0.25) is 15.9 Å². The Morgan fingerprint density at radius 1 is 0.755 bits per heavy atom. The van der Waals surface area contributed by atoms with E-state index < -0.39 is 27.1 Å². The summed E-state index contributed by atoms with van der Waals surface area (Å²) in [6.45, 7) is 0. The number of nitrogens with two attached hydrogens (primary N) is 1. The lowest BCUT2D eigenvalue weighted by Gasteiger charge is -2.18. The molecule has 248 valence electrons. The van der Waals surface area contributed by atoms with Gasteiger partial charge >= 0.3 is 0 Å². The summed E-state index contributed by atoms with van der Waals surface area (Å²) in [5, 5.41) is 12.9. The van der Waals surface area contributed by atoms with Gasteiger partial charge in [0.25, 0.3) is 11.8 Å². The average Bonchev–Trinajstić information content (AvgIpc) is 3.11. The summed E-state index contributed by atoms with van der Waals surface area (Å²) < 4.78 is 28.5. The number of primary sulfonamides is 1. The van der Waals surface area contributed by atoms with Gasteiger partial charge in [0.05, 0.1) is 12.0 Å². The van der Waals surface area contributed by atoms with Gasteiger partial charge < -0.3 is 20.7 Å². The first-order chi connectivity index (χ1) is 23.6. The molecular formula is C37H32N4O6S2. The van der Waals surface area contributed by atoms with E-state index in [4.69, 9.17) is 9.88 Å². The molecule has 10 nitrogen and oxygen atoms in total. The van der Waals surface area contributed by atoms with E-state index in [2.05, 4.69) is 16.0 Å². The summed E-state index contributed by atoms with van der Waals surface area (Å²) in [6.07, 6.45) is 1.56. The van der Waals surface area contributed by atoms with E-state index in [-0.39, 0.29) is 16.5 Å². The number of benzene rings is 5. The molecule has 1 atom stereocenters. The molecule has 5 N–H and O–H groups in total. The summed E-state index contributed by atoms with van der Waals surface area (Å²) in [5.41, 5.74) is 2.70. The number of thioether (sulfide) groups is 1. The summed E-state index contributed by atoms with van der Waals surface area (Å²) in [7, 11) is -2.32. The molecule has 0 aromatic heterocycles. The number of anilines is 2. The van der Waals surface area contributed by atoms with Gasteiger partial charge in [0, 0.05) is 21.8 Å². The van der Waals surface area contributed by atoms with Gasteiger partial charge in [-0.05, 0) is 90.0 Å². The van der Waals surface area contributed by atoms with Crippen LogP contribution >= 0.6 is 11.8 Å². The zero-order chi connectivity index (χ0) is 34.8. The third-order valence-corrected chi connectivity index (χ3v) is 9.29. The molecule has 5 aromatic rings. The van der Waals surface area contributed by atoms with Gasteiger partial charge in [-0.1, -0.05) is 60.7 Å². The fraction of sp³-hybridized carbons (Fsp3) is 0.0541. The molecule has 0 saturated heterocycles. The maximum Gasteiger partial charge on any atom is 0.272 e. The third-order valence-electron chi connectivity index (χ3n) is 7.09. The maximum absolute atomic E-state index is 13.5. The van der Waals surface area contributed by atoms with Crippen LogP contribution in [0.5, 0.6) is 5.75 Å². The lowest BCUT2D eigenvalue weighted by atomic mass is 10.1. The lowest BCUT2D eigenvalue weighted by molar-refractivity contribution is -0.116. The molecule has 1 unspecified atom stereocenters. The molecule has 49 heavy (non-hydrogen) atoms. The minimum absolute atomic E-state index is 0.0264. The largest absolute Gasteiger partial charge is 0.497 e. The van der Waals surface area contributed by atoms with Crippen LogP contribution in [0.15, 0.2) is 149 Å². The second kappa shape index (κ2) is 15.9. The Morgan fingerprint density at radius 2 is 1.37 bits per heavy atom. The Bertz CT molecular complexity index is 2070. The van der Waals surface area contributed by atoms with E-state index in [0.717, 1.165) is 10.5 Å². The van der Waals surface area contributed by atoms with Crippen molar-refractivity contribution < 1.29 is 27.5 Å². The molecule has 5 aromatic carbocycles. The SMILES string of the molecule is COc1cccc(/C=C(\NC(=O)c2ccccc2)C(=O)Nc2ccc(SC(C(=O)Nc3ccc(S(N)(=O)=O)cc3)c3ccccc3)cc2)c1. The molecule has 3 amide bonds. The van der Waals surface area contributed by atoms with Crippen LogP contribution in [0.2, 0.25) is 0 Å². The predicted octanol–water partition coefficient (Wildman–Crippen LogP) is 6.22. The Kier molecular flexibility index (Phi) is 11.3. The fourth-order valence-electron chi connectivity index (χ4n) is 4.63. The van der Waals surface area contributed by atoms with Crippen molar-refractivity contribution in [3.8, 4) is 5.75 Å². The van der Waals surface area contributed by atoms with Crippen molar-refractivity contribution in [2.45, 2.75) is 15.0 Å². The number of carbonyl (C=O) groups excluding carboxylic acids is 3. The predicted molar refractivity (Wildman–Crippen MR) is 191 cm³/mol. The van der Waals surface area contributed by atoms with Gasteiger partial charge in [-0.2, -0.15) is 0 Å². The molecule has 0 fully saturated rings. The Balaban J connectivity index is 1.33. The molecule has 0 heterocycles. The number of sulfonamides is 1. The number of hydrogen-bond acceptors (Lipinski definition) is 7. The standard InChI is InChI=1S/C37H32N4O6S2/c1-47-30-14-8-9-25(23-30)24-33(41-35(42)27-12-6-3-7-13-27)36(43)39-28-15-19-31(20-16-28)48-34(26-10-4-2-5-11-26)37(44)40-29-17-21-32(22-18-29)49(38,45)46/h2-24,34H,1H3,(H,39,43)(H,40,44)(H,41,42)(H2,38,45,46)/b33-24-. The fourth-order valence-corrected chi connectivity index (χ4v) is 6.17. The molecule has 12 heteroatoms. The zero-order valence-electron chi connectivity index (χ0n) is 26.2. The van der Waals surface area contributed by atoms with Crippen LogP contribution < -0.4 is 25.8 Å². The Morgan fingerprint density at radius 3 is 2.00 bits per heavy atom. The first-order valence-corrected chi connectivity index (χ1v) is 17.3. The van der Waals surface area contributed by atoms with E-state index >= 15 is 0 Å². The lowest BCUT2D eigenvalue weighted by Crippen LogP contribution is -2.30. The molecule has 0 spiro atoms. The van der Waals surface area contributed by atoms with Crippen molar-refractivity contribution in [2.24, 2.45) is 5.14 Å². The number of amides is 3. The smallest absolute Gasteiger partial charge is 0.272 e. The zero-order valence-corrected chi connectivity index (χ0v) is 27.8. The summed E-state index contributed by atoms with van der Waals surface area (Å²) >= 11 is 1.30. The van der Waals surface area contributed by atoms with Crippen LogP contribution in [0.1, 0.15) is 26.7 Å². The van der Waals surface area contributed by atoms with E-state index in [1.807, 2.05) is 30.3 Å². The number of rotatable bonds is 12. The first kappa shape index (κ1) is 34.6. The Hall–Kier alpha value is -5.69. The highest BCUT2D eigenvalue weighted by atomic mass is 32.2. The van der Waals surface area contributed by atoms with Crippen LogP contribution in [-0.4, -0.2) is 33.2 Å². The molecular weight excluding hydrogens is 661 g/mol. The number of nitrogens with one attached hydrogen (secondary N) is 3. The monoisotopic (exact) mass is 692 g/mol. The quantitative estimate of drug-likeness (QED) is 0.0893. The molecule has 5 rings (SSSR count). The molecule has 0 bridgehead atoms. The molecule has 0 aliphatic heterocycles. The van der Waals surface area contributed by atoms with Crippen molar-refractivity contribution in [2.75, 3.05) is 17.7 Å². The molecule has 0 aliphatic rings. The van der Waals surface area contributed by atoms with E-state index in [0.29, 0.717) is 28.3 Å². The second-order valence-corrected chi connectivity index (χ2v) is 13.3. The molecule has 0 aliphatic carbocycles. The van der Waals surface area contributed by atoms with Gasteiger partial charge in [-0.3, -0.25) is 14.4 Å². The highest BCUT2D eigenvalue weighted by Gasteiger charge is 2.23. The highest BCUT2D eigenvalue weighted by Crippen LogP contribution is 2.37. The van der Waals surface area contributed by atoms with E-state index in [1.54, 1.807) is 92.0 Å².